The van der Waals surface area contributed by atoms with E-state index in [2.05, 4.69) is 0 Å². The summed E-state index contributed by atoms with van der Waals surface area (Å²) in [6.07, 6.45) is 0.316. The maximum Gasteiger partial charge on any atom is 0.253 e. The topological polar surface area (TPSA) is 62.6 Å². The van der Waals surface area contributed by atoms with Crippen molar-refractivity contribution in [2.45, 2.75) is 13.3 Å². The van der Waals surface area contributed by atoms with Crippen molar-refractivity contribution in [3.8, 4) is 17.6 Å². The molecule has 0 N–H and O–H groups in total. The molecule has 19 heavy (non-hydrogen) atoms. The summed E-state index contributed by atoms with van der Waals surface area (Å²) in [5, 5.41) is 8.52. The lowest BCUT2D eigenvalue weighted by Gasteiger charge is -2.16. The smallest absolute Gasteiger partial charge is 0.253 e. The molecule has 0 aliphatic rings. The van der Waals surface area contributed by atoms with Crippen molar-refractivity contribution in [3.05, 3.63) is 23.8 Å². The van der Waals surface area contributed by atoms with Crippen molar-refractivity contribution < 1.29 is 14.3 Å². The summed E-state index contributed by atoms with van der Waals surface area (Å²) in [5.74, 6) is 0.999. The van der Waals surface area contributed by atoms with Crippen LogP contribution in [0.1, 0.15) is 23.7 Å². The molecule has 0 fully saturated rings. The molecule has 1 rings (SSSR count). The van der Waals surface area contributed by atoms with Crippen LogP contribution in [-0.4, -0.2) is 38.1 Å². The van der Waals surface area contributed by atoms with Gasteiger partial charge in [0.25, 0.3) is 5.91 Å². The van der Waals surface area contributed by atoms with Gasteiger partial charge in [-0.05, 0) is 25.1 Å². The van der Waals surface area contributed by atoms with Gasteiger partial charge in [0, 0.05) is 19.2 Å². The molecule has 102 valence electrons. The monoisotopic (exact) mass is 262 g/mol. The second kappa shape index (κ2) is 7.27. The van der Waals surface area contributed by atoms with Gasteiger partial charge in [0.1, 0.15) is 0 Å². The number of hydrogen-bond acceptors (Lipinski definition) is 4. The van der Waals surface area contributed by atoms with Gasteiger partial charge in [-0.2, -0.15) is 5.26 Å². The van der Waals surface area contributed by atoms with Gasteiger partial charge in [0.2, 0.25) is 0 Å². The molecule has 0 spiro atoms. The van der Waals surface area contributed by atoms with E-state index >= 15 is 0 Å². The number of amides is 1. The van der Waals surface area contributed by atoms with Gasteiger partial charge in [0.05, 0.1) is 26.2 Å². The van der Waals surface area contributed by atoms with E-state index in [1.165, 1.54) is 12.0 Å². The van der Waals surface area contributed by atoms with Crippen LogP contribution in [-0.2, 0) is 0 Å². The molecule has 0 unspecified atom stereocenters. The second-order valence-corrected chi connectivity index (χ2v) is 3.93. The van der Waals surface area contributed by atoms with Gasteiger partial charge in [-0.1, -0.05) is 0 Å². The molecule has 1 aromatic carbocycles. The number of carbonyl (C=O) groups is 1. The number of ether oxygens (including phenoxy) is 2. The average Bonchev–Trinajstić information content (AvgIpc) is 2.44. The first kappa shape index (κ1) is 14.8. The van der Waals surface area contributed by atoms with E-state index in [1.807, 2.05) is 13.0 Å². The Labute approximate surface area is 113 Å². The summed E-state index contributed by atoms with van der Waals surface area (Å²) in [6.45, 7) is 2.82. The number of nitrogens with zero attached hydrogens (tertiary/aromatic N) is 2. The maximum atomic E-state index is 12.1. The Balaban J connectivity index is 2.89. The van der Waals surface area contributed by atoms with Crippen LogP contribution in [0.25, 0.3) is 0 Å². The minimum Gasteiger partial charge on any atom is -0.493 e. The van der Waals surface area contributed by atoms with E-state index < -0.39 is 0 Å². The molecule has 0 aliphatic carbocycles. The number of carbonyl (C=O) groups excluding carboxylic acids is 1. The zero-order valence-corrected chi connectivity index (χ0v) is 11.5. The highest BCUT2D eigenvalue weighted by atomic mass is 16.5. The van der Waals surface area contributed by atoms with Gasteiger partial charge in [-0.25, -0.2) is 0 Å². The summed E-state index contributed by atoms with van der Waals surface area (Å²) in [5.41, 5.74) is 0.515. The van der Waals surface area contributed by atoms with Crippen molar-refractivity contribution >= 4 is 5.91 Å². The molecule has 0 heterocycles. The van der Waals surface area contributed by atoms with Crippen molar-refractivity contribution in [2.75, 3.05) is 27.3 Å². The minimum atomic E-state index is -0.142. The van der Waals surface area contributed by atoms with Crippen LogP contribution in [0.15, 0.2) is 18.2 Å². The number of hydrogen-bond donors (Lipinski definition) is 0. The quantitative estimate of drug-likeness (QED) is 0.787. The Bertz CT molecular complexity index is 480. The summed E-state index contributed by atoms with van der Waals surface area (Å²) < 4.78 is 10.6. The Morgan fingerprint density at radius 2 is 2.16 bits per heavy atom. The summed E-state index contributed by atoms with van der Waals surface area (Å²) in [6, 6.07) is 7.07. The van der Waals surface area contributed by atoms with Crippen LogP contribution in [0, 0.1) is 11.3 Å². The molecule has 0 radical (unpaired) electrons. The lowest BCUT2D eigenvalue weighted by Crippen LogP contribution is -2.27. The maximum absolute atomic E-state index is 12.1. The number of rotatable bonds is 6. The SMILES string of the molecule is CCOc1ccc(C(=O)N(C)CCC#N)cc1OC. The van der Waals surface area contributed by atoms with Crippen molar-refractivity contribution in [1.82, 2.24) is 4.90 Å². The lowest BCUT2D eigenvalue weighted by molar-refractivity contribution is 0.0797. The predicted molar refractivity (Wildman–Crippen MR) is 71.4 cm³/mol. The molecule has 0 atom stereocenters. The van der Waals surface area contributed by atoms with E-state index in [-0.39, 0.29) is 5.91 Å². The Kier molecular flexibility index (Phi) is 5.68. The molecule has 0 saturated carbocycles. The van der Waals surface area contributed by atoms with Crippen LogP contribution in [0.5, 0.6) is 11.5 Å². The van der Waals surface area contributed by atoms with Crippen molar-refractivity contribution in [3.63, 3.8) is 0 Å². The van der Waals surface area contributed by atoms with E-state index in [9.17, 15) is 4.79 Å². The summed E-state index contributed by atoms with van der Waals surface area (Å²) >= 11 is 0. The number of nitriles is 1. The third-order valence-corrected chi connectivity index (χ3v) is 2.62. The van der Waals surface area contributed by atoms with Gasteiger partial charge in [-0.15, -0.1) is 0 Å². The van der Waals surface area contributed by atoms with Crippen LogP contribution < -0.4 is 9.47 Å². The van der Waals surface area contributed by atoms with E-state index in [0.29, 0.717) is 36.6 Å². The van der Waals surface area contributed by atoms with Gasteiger partial charge < -0.3 is 14.4 Å². The average molecular weight is 262 g/mol. The highest BCUT2D eigenvalue weighted by Crippen LogP contribution is 2.28. The molecule has 5 nitrogen and oxygen atoms in total. The Morgan fingerprint density at radius 1 is 1.42 bits per heavy atom. The van der Waals surface area contributed by atoms with Gasteiger partial charge in [-0.3, -0.25) is 4.79 Å². The fourth-order valence-electron chi connectivity index (χ4n) is 1.62. The van der Waals surface area contributed by atoms with E-state index in [0.717, 1.165) is 0 Å². The number of benzene rings is 1. The van der Waals surface area contributed by atoms with Crippen LogP contribution >= 0.6 is 0 Å². The highest BCUT2D eigenvalue weighted by molar-refractivity contribution is 5.94. The first-order valence-electron chi connectivity index (χ1n) is 6.07. The van der Waals surface area contributed by atoms with Crippen LogP contribution in [0.3, 0.4) is 0 Å². The Morgan fingerprint density at radius 3 is 2.74 bits per heavy atom. The molecular weight excluding hydrogens is 244 g/mol. The lowest BCUT2D eigenvalue weighted by atomic mass is 10.1. The molecular formula is C14H18N2O3. The summed E-state index contributed by atoms with van der Waals surface area (Å²) in [7, 11) is 3.20. The van der Waals surface area contributed by atoms with Crippen molar-refractivity contribution in [1.29, 1.82) is 5.26 Å². The largest absolute Gasteiger partial charge is 0.493 e. The minimum absolute atomic E-state index is 0.142. The standard InChI is InChI=1S/C14H18N2O3/c1-4-19-12-7-6-11(10-13(12)18-3)14(17)16(2)9-5-8-15/h6-7,10H,4-5,9H2,1-3H3. The zero-order chi connectivity index (χ0) is 14.3. The van der Waals surface area contributed by atoms with Gasteiger partial charge >= 0.3 is 0 Å². The van der Waals surface area contributed by atoms with Crippen LogP contribution in [0.2, 0.25) is 0 Å². The number of methoxy groups -OCH3 is 1. The zero-order valence-electron chi connectivity index (χ0n) is 11.5. The molecule has 0 bridgehead atoms. The predicted octanol–water partition coefficient (Wildman–Crippen LogP) is 2.08. The third kappa shape index (κ3) is 3.88. The van der Waals surface area contributed by atoms with Gasteiger partial charge in [0.15, 0.2) is 11.5 Å². The first-order chi connectivity index (χ1) is 9.13. The van der Waals surface area contributed by atoms with E-state index in [1.54, 1.807) is 25.2 Å². The molecule has 0 aliphatic heterocycles. The first-order valence-corrected chi connectivity index (χ1v) is 6.07. The van der Waals surface area contributed by atoms with Crippen molar-refractivity contribution in [2.24, 2.45) is 0 Å². The molecule has 1 amide bonds. The van der Waals surface area contributed by atoms with E-state index in [4.69, 9.17) is 14.7 Å². The highest BCUT2D eigenvalue weighted by Gasteiger charge is 2.14. The molecule has 0 aromatic heterocycles. The molecule has 5 heteroatoms. The summed E-state index contributed by atoms with van der Waals surface area (Å²) in [4.78, 5) is 13.6. The molecule has 0 saturated heterocycles. The Hall–Kier alpha value is -2.22. The fourth-order valence-corrected chi connectivity index (χ4v) is 1.62. The second-order valence-electron chi connectivity index (χ2n) is 3.93. The fraction of sp³-hybridized carbons (Fsp3) is 0.429. The van der Waals surface area contributed by atoms with Crippen LogP contribution in [0.4, 0.5) is 0 Å². The normalized spacial score (nSPS) is 9.58. The third-order valence-electron chi connectivity index (χ3n) is 2.62. The molecule has 1 aromatic rings.